The van der Waals surface area contributed by atoms with Crippen LogP contribution in [0.1, 0.15) is 13.8 Å². The number of hydrogen-bond acceptors (Lipinski definition) is 0. The second-order valence-electron chi connectivity index (χ2n) is 2.14. The summed E-state index contributed by atoms with van der Waals surface area (Å²) in [7, 11) is 8.08. The van der Waals surface area contributed by atoms with Crippen LogP contribution in [0.4, 0.5) is 0 Å². The average Bonchev–Trinajstić information content (AvgIpc) is 1.65. The molecule has 0 aliphatic carbocycles. The Balaban J connectivity index is 3.14. The second-order valence-corrected chi connectivity index (χ2v) is 3.00. The predicted molar refractivity (Wildman–Crippen MR) is 38.9 cm³/mol. The van der Waals surface area contributed by atoms with Crippen LogP contribution in [0.3, 0.4) is 0 Å². The Morgan fingerprint density at radius 1 is 1.57 bits per heavy atom. The van der Waals surface area contributed by atoms with Crippen molar-refractivity contribution in [3.05, 3.63) is 0 Å². The van der Waals surface area contributed by atoms with E-state index in [1.54, 1.807) is 0 Å². The molecule has 0 aromatic rings. The first-order valence-corrected chi connectivity index (χ1v) is 3.30. The van der Waals surface area contributed by atoms with E-state index in [1.165, 1.54) is 0 Å². The highest BCUT2D eigenvalue weighted by atomic mass is 31.0. The van der Waals surface area contributed by atoms with Gasteiger partial charge in [-0.25, -0.2) is 0 Å². The van der Waals surface area contributed by atoms with Gasteiger partial charge in [-0.3, -0.25) is 0 Å². The summed E-state index contributed by atoms with van der Waals surface area (Å²) in [5.74, 6) is 0.704. The fraction of sp³-hybridized carbons (Fsp3) is 1.00. The molecule has 0 heterocycles. The van der Waals surface area contributed by atoms with Crippen LogP contribution in [-0.2, 0) is 0 Å². The SMILES string of the molecule is [B]CC(P)C(C)C. The van der Waals surface area contributed by atoms with Crippen LogP contribution in [0.5, 0.6) is 0 Å². The van der Waals surface area contributed by atoms with Gasteiger partial charge in [0.15, 0.2) is 0 Å². The molecule has 2 atom stereocenters. The van der Waals surface area contributed by atoms with Crippen LogP contribution in [-0.4, -0.2) is 13.5 Å². The van der Waals surface area contributed by atoms with Gasteiger partial charge < -0.3 is 0 Å². The molecule has 7 heavy (non-hydrogen) atoms. The molecule has 2 radical (unpaired) electrons. The molecule has 0 nitrogen and oxygen atoms in total. The Morgan fingerprint density at radius 2 is 2.00 bits per heavy atom. The molecule has 0 aromatic carbocycles. The third-order valence-corrected chi connectivity index (χ3v) is 2.17. The molecule has 0 aromatic heterocycles. The monoisotopic (exact) mass is 114 g/mol. The maximum absolute atomic E-state index is 5.35. The van der Waals surface area contributed by atoms with Gasteiger partial charge in [-0.15, -0.1) is 9.24 Å². The topological polar surface area (TPSA) is 0 Å². The third-order valence-electron chi connectivity index (χ3n) is 1.13. The van der Waals surface area contributed by atoms with Crippen LogP contribution in [0.25, 0.3) is 0 Å². The highest BCUT2D eigenvalue weighted by molar-refractivity contribution is 7.17. The normalized spacial score (nSPS) is 14.9. The van der Waals surface area contributed by atoms with Gasteiger partial charge >= 0.3 is 0 Å². The van der Waals surface area contributed by atoms with E-state index in [9.17, 15) is 0 Å². The molecule has 0 bridgehead atoms. The van der Waals surface area contributed by atoms with Gasteiger partial charge in [0.05, 0.1) is 7.85 Å². The average molecular weight is 114 g/mol. The lowest BCUT2D eigenvalue weighted by molar-refractivity contribution is 0.642. The first-order valence-electron chi connectivity index (χ1n) is 2.64. The zero-order valence-corrected chi connectivity index (χ0v) is 6.17. The largest absolute Gasteiger partial charge is 0.135 e. The van der Waals surface area contributed by atoms with Crippen molar-refractivity contribution in [3.63, 3.8) is 0 Å². The maximum Gasteiger partial charge on any atom is 0.0661 e. The molecular formula is C5H12BP. The van der Waals surface area contributed by atoms with Gasteiger partial charge in [0.25, 0.3) is 0 Å². The maximum atomic E-state index is 5.35. The molecular weight excluding hydrogens is 102 g/mol. The number of rotatable bonds is 2. The fourth-order valence-electron chi connectivity index (χ4n) is 0.272. The molecule has 0 amide bonds. The van der Waals surface area contributed by atoms with Crippen LogP contribution in [0.2, 0.25) is 6.32 Å². The van der Waals surface area contributed by atoms with E-state index in [2.05, 4.69) is 23.1 Å². The minimum atomic E-state index is 0.597. The van der Waals surface area contributed by atoms with Gasteiger partial charge in [0.2, 0.25) is 0 Å². The molecule has 2 heteroatoms. The van der Waals surface area contributed by atoms with Gasteiger partial charge in [-0.05, 0) is 11.6 Å². The van der Waals surface area contributed by atoms with E-state index >= 15 is 0 Å². The van der Waals surface area contributed by atoms with Crippen LogP contribution < -0.4 is 0 Å². The first-order chi connectivity index (χ1) is 3.18. The lowest BCUT2D eigenvalue weighted by atomic mass is 9.95. The van der Waals surface area contributed by atoms with Crippen molar-refractivity contribution >= 4 is 17.1 Å². The van der Waals surface area contributed by atoms with E-state index in [4.69, 9.17) is 7.85 Å². The minimum absolute atomic E-state index is 0.597. The highest BCUT2D eigenvalue weighted by Crippen LogP contribution is 2.13. The van der Waals surface area contributed by atoms with E-state index in [1.807, 2.05) is 0 Å². The molecule has 0 fully saturated rings. The van der Waals surface area contributed by atoms with Crippen molar-refractivity contribution in [1.29, 1.82) is 0 Å². The molecule has 0 N–H and O–H groups in total. The lowest BCUT2D eigenvalue weighted by Crippen LogP contribution is -2.04. The molecule has 2 unspecified atom stereocenters. The van der Waals surface area contributed by atoms with Crippen LogP contribution >= 0.6 is 9.24 Å². The zero-order chi connectivity index (χ0) is 5.86. The van der Waals surface area contributed by atoms with Crippen molar-refractivity contribution in [3.8, 4) is 0 Å². The predicted octanol–water partition coefficient (Wildman–Crippen LogP) is 1.47. The van der Waals surface area contributed by atoms with Crippen molar-refractivity contribution in [2.45, 2.75) is 25.8 Å². The Labute approximate surface area is 49.7 Å². The summed E-state index contributed by atoms with van der Waals surface area (Å²) in [6.45, 7) is 4.34. The van der Waals surface area contributed by atoms with Crippen LogP contribution in [0.15, 0.2) is 0 Å². The fourth-order valence-corrected chi connectivity index (χ4v) is 0.272. The third kappa shape index (κ3) is 3.11. The quantitative estimate of drug-likeness (QED) is 0.376. The molecule has 0 aliphatic rings. The van der Waals surface area contributed by atoms with Gasteiger partial charge in [-0.1, -0.05) is 20.2 Å². The highest BCUT2D eigenvalue weighted by Gasteiger charge is 2.01. The van der Waals surface area contributed by atoms with E-state index in [0.717, 1.165) is 6.32 Å². The van der Waals surface area contributed by atoms with Crippen molar-refractivity contribution < 1.29 is 0 Å². The standard InChI is InChI=1S/C5H12BP/c1-4(2)5(7)3-6/h4-5H,3,7H2,1-2H3. The lowest BCUT2D eigenvalue weighted by Gasteiger charge is -2.10. The molecule has 0 rings (SSSR count). The molecule has 0 spiro atoms. The Kier molecular flexibility index (Phi) is 3.74. The Bertz CT molecular complexity index is 45.3. The van der Waals surface area contributed by atoms with Gasteiger partial charge in [-0.2, -0.15) is 0 Å². The Hall–Kier alpha value is 0.495. The summed E-state index contributed by atoms with van der Waals surface area (Å²) in [6, 6.07) is 0. The number of hydrogen-bond donors (Lipinski definition) is 0. The summed E-state index contributed by atoms with van der Waals surface area (Å²) in [4.78, 5) is 0. The van der Waals surface area contributed by atoms with Crippen molar-refractivity contribution in [2.75, 3.05) is 0 Å². The van der Waals surface area contributed by atoms with Gasteiger partial charge in [0.1, 0.15) is 0 Å². The second kappa shape index (κ2) is 3.49. The Morgan fingerprint density at radius 3 is 2.00 bits per heavy atom. The van der Waals surface area contributed by atoms with Gasteiger partial charge in [0, 0.05) is 0 Å². The molecule has 0 aliphatic heterocycles. The summed E-state index contributed by atoms with van der Waals surface area (Å²) in [5.41, 5.74) is 0.597. The summed E-state index contributed by atoms with van der Waals surface area (Å²) in [5, 5.41) is 0. The summed E-state index contributed by atoms with van der Waals surface area (Å²) in [6.07, 6.45) is 0.780. The van der Waals surface area contributed by atoms with Crippen molar-refractivity contribution in [1.82, 2.24) is 0 Å². The first kappa shape index (κ1) is 7.49. The summed E-state index contributed by atoms with van der Waals surface area (Å²) >= 11 is 0. The molecule has 0 saturated carbocycles. The van der Waals surface area contributed by atoms with Crippen LogP contribution in [0, 0.1) is 5.92 Å². The summed E-state index contributed by atoms with van der Waals surface area (Å²) < 4.78 is 0. The smallest absolute Gasteiger partial charge is 0.0661 e. The molecule has 40 valence electrons. The zero-order valence-electron chi connectivity index (χ0n) is 5.02. The molecule has 0 saturated heterocycles. The van der Waals surface area contributed by atoms with E-state index < -0.39 is 0 Å². The van der Waals surface area contributed by atoms with E-state index in [0.29, 0.717) is 11.6 Å². The van der Waals surface area contributed by atoms with E-state index in [-0.39, 0.29) is 0 Å². The minimum Gasteiger partial charge on any atom is -0.135 e. The van der Waals surface area contributed by atoms with Crippen molar-refractivity contribution in [2.24, 2.45) is 5.92 Å².